The molecule has 1 N–H and O–H groups in total. The molecule has 0 spiro atoms. The van der Waals surface area contributed by atoms with Crippen LogP contribution in [0.4, 0.5) is 0 Å². The van der Waals surface area contributed by atoms with E-state index in [0.717, 1.165) is 45.2 Å². The number of nitrogens with zero attached hydrogens (tertiary/aromatic N) is 3. The minimum absolute atomic E-state index is 0.0812. The summed E-state index contributed by atoms with van der Waals surface area (Å²) < 4.78 is 16.5. The van der Waals surface area contributed by atoms with E-state index in [1.165, 1.54) is 16.5 Å². The van der Waals surface area contributed by atoms with Crippen molar-refractivity contribution in [2.75, 3.05) is 34.4 Å². The molecule has 0 fully saturated rings. The molecule has 0 unspecified atom stereocenters. The Kier molecular flexibility index (Phi) is 11.6. The van der Waals surface area contributed by atoms with Crippen LogP contribution in [0.5, 0.6) is 23.0 Å². The number of hydrogen-bond acceptors (Lipinski definition) is 9. The van der Waals surface area contributed by atoms with Gasteiger partial charge in [0, 0.05) is 13.1 Å². The zero-order valence-electron chi connectivity index (χ0n) is 31.5. The molecule has 0 atom stereocenters. The number of ether oxygens (including phenoxy) is 3. The van der Waals surface area contributed by atoms with Crippen molar-refractivity contribution in [3.63, 3.8) is 0 Å². The van der Waals surface area contributed by atoms with Crippen LogP contribution in [0.2, 0.25) is 0 Å². The Morgan fingerprint density at radius 3 is 1.64 bits per heavy atom. The highest BCUT2D eigenvalue weighted by molar-refractivity contribution is 6.23. The molecule has 55 heavy (non-hydrogen) atoms. The number of aromatic hydroxyl groups is 1. The molecule has 4 amide bonds. The normalized spacial score (nSPS) is 13.1. The zero-order chi connectivity index (χ0) is 39.2. The molecular weight excluding hydrogens is 698 g/mol. The molecule has 7 rings (SSSR count). The molecule has 282 valence electrons. The molecule has 2 aliphatic heterocycles. The van der Waals surface area contributed by atoms with Crippen LogP contribution in [0.15, 0.2) is 103 Å². The zero-order valence-corrected chi connectivity index (χ0v) is 31.5. The van der Waals surface area contributed by atoms with Crippen molar-refractivity contribution in [1.82, 2.24) is 14.7 Å². The van der Waals surface area contributed by atoms with E-state index >= 15 is 0 Å². The van der Waals surface area contributed by atoms with Crippen LogP contribution in [-0.2, 0) is 19.6 Å². The van der Waals surface area contributed by atoms with Gasteiger partial charge in [0.2, 0.25) is 0 Å². The highest BCUT2D eigenvalue weighted by atomic mass is 16.5. The summed E-state index contributed by atoms with van der Waals surface area (Å²) >= 11 is 0. The second-order valence-electron chi connectivity index (χ2n) is 13.5. The van der Waals surface area contributed by atoms with Gasteiger partial charge in [-0.3, -0.25) is 33.9 Å². The molecule has 0 saturated carbocycles. The number of carbonyl (C=O) groups excluding carboxylic acids is 4. The van der Waals surface area contributed by atoms with E-state index < -0.39 is 5.91 Å². The third-order valence-electron chi connectivity index (χ3n) is 9.56. The fourth-order valence-corrected chi connectivity index (χ4v) is 6.75. The quantitative estimate of drug-likeness (QED) is 0.137. The first kappa shape index (κ1) is 38.3. The Bertz CT molecular complexity index is 2250. The lowest BCUT2D eigenvalue weighted by atomic mass is 10.1. The second-order valence-corrected chi connectivity index (χ2v) is 13.5. The topological polar surface area (TPSA) is 126 Å². The molecule has 2 heterocycles. The predicted octanol–water partition coefficient (Wildman–Crippen LogP) is 6.82. The average molecular weight is 742 g/mol. The highest BCUT2D eigenvalue weighted by Crippen LogP contribution is 2.33. The lowest BCUT2D eigenvalue weighted by Crippen LogP contribution is -2.29. The second kappa shape index (κ2) is 16.7. The summed E-state index contributed by atoms with van der Waals surface area (Å²) in [6.07, 6.45) is 0. The maximum atomic E-state index is 13.2. The predicted molar refractivity (Wildman–Crippen MR) is 207 cm³/mol. The molecule has 5 aromatic carbocycles. The molecule has 5 aromatic rings. The van der Waals surface area contributed by atoms with E-state index in [0.29, 0.717) is 30.0 Å². The molecule has 0 saturated heterocycles. The number of amides is 4. The SMILES string of the molecule is COc1ccc(CN2C(=O)c3cccc(O)c3C2=O)cc1C.COc1ccc(CN2C(=O)c3cccc(OCCN(C)Cc4ccccc4)c3C2=O)cc1C. The summed E-state index contributed by atoms with van der Waals surface area (Å²) in [5.74, 6) is 0.345. The van der Waals surface area contributed by atoms with E-state index in [4.69, 9.17) is 14.2 Å². The van der Waals surface area contributed by atoms with Gasteiger partial charge in [0.25, 0.3) is 23.6 Å². The summed E-state index contributed by atoms with van der Waals surface area (Å²) in [5, 5.41) is 9.80. The molecule has 0 aliphatic carbocycles. The van der Waals surface area contributed by atoms with Crippen molar-refractivity contribution < 1.29 is 38.5 Å². The van der Waals surface area contributed by atoms with Gasteiger partial charge in [-0.25, -0.2) is 0 Å². The molecular formula is C44H43N3O8. The molecule has 11 nitrogen and oxygen atoms in total. The summed E-state index contributed by atoms with van der Waals surface area (Å²) in [4.78, 5) is 55.4. The smallest absolute Gasteiger partial charge is 0.265 e. The first-order chi connectivity index (χ1) is 26.5. The van der Waals surface area contributed by atoms with Crippen LogP contribution >= 0.6 is 0 Å². The Morgan fingerprint density at radius 1 is 0.582 bits per heavy atom. The molecule has 0 aromatic heterocycles. The number of phenolic OH excluding ortho intramolecular Hbond substituents is 1. The summed E-state index contributed by atoms with van der Waals surface area (Å²) in [7, 11) is 5.24. The van der Waals surface area contributed by atoms with Gasteiger partial charge in [-0.05, 0) is 85.1 Å². The first-order valence-electron chi connectivity index (χ1n) is 17.8. The minimum Gasteiger partial charge on any atom is -0.507 e. The van der Waals surface area contributed by atoms with Crippen LogP contribution in [-0.4, -0.2) is 77.9 Å². The van der Waals surface area contributed by atoms with Gasteiger partial charge in [0.15, 0.2) is 0 Å². The van der Waals surface area contributed by atoms with Crippen molar-refractivity contribution in [1.29, 1.82) is 0 Å². The number of aryl methyl sites for hydroxylation is 2. The van der Waals surface area contributed by atoms with E-state index in [9.17, 15) is 24.3 Å². The summed E-state index contributed by atoms with van der Waals surface area (Å²) in [6.45, 7) is 6.12. The van der Waals surface area contributed by atoms with Gasteiger partial charge in [-0.1, -0.05) is 66.7 Å². The van der Waals surface area contributed by atoms with Crippen LogP contribution < -0.4 is 14.2 Å². The fraction of sp³-hybridized carbons (Fsp3) is 0.227. The van der Waals surface area contributed by atoms with Crippen LogP contribution in [0.1, 0.15) is 69.2 Å². The standard InChI is InChI=1S/C27H28N2O4.C17H15NO4/c1-19-16-21(12-13-23(19)32-3)18-29-26(30)22-10-7-11-24(25(22)27(29)31)33-15-14-28(2)17-20-8-5-4-6-9-20;1-10-8-11(6-7-14(10)22-2)9-18-16(20)12-4-3-5-13(19)15(12)17(18)21/h4-13,16H,14-15,17-18H2,1-3H3;3-8,19H,9H2,1-2H3. The van der Waals surface area contributed by atoms with Gasteiger partial charge in [0.1, 0.15) is 29.6 Å². The largest absolute Gasteiger partial charge is 0.507 e. The Labute approximate surface area is 320 Å². The highest BCUT2D eigenvalue weighted by Gasteiger charge is 2.39. The van der Waals surface area contributed by atoms with Crippen LogP contribution in [0.3, 0.4) is 0 Å². The molecule has 11 heteroatoms. The molecule has 2 aliphatic rings. The molecule has 0 bridgehead atoms. The van der Waals surface area contributed by atoms with Crippen LogP contribution in [0.25, 0.3) is 0 Å². The first-order valence-corrected chi connectivity index (χ1v) is 17.8. The van der Waals surface area contributed by atoms with Gasteiger partial charge in [-0.2, -0.15) is 0 Å². The number of fused-ring (bicyclic) bond motifs is 2. The Balaban J connectivity index is 0.000000203. The van der Waals surface area contributed by atoms with E-state index in [1.807, 2.05) is 69.4 Å². The van der Waals surface area contributed by atoms with E-state index in [1.54, 1.807) is 50.6 Å². The van der Waals surface area contributed by atoms with Gasteiger partial charge < -0.3 is 19.3 Å². The summed E-state index contributed by atoms with van der Waals surface area (Å²) in [6, 6.07) is 31.1. The number of likely N-dealkylation sites (N-methyl/N-ethyl adjacent to an activating group) is 1. The number of phenols is 1. The number of hydrogen-bond donors (Lipinski definition) is 1. The van der Waals surface area contributed by atoms with Gasteiger partial charge in [-0.15, -0.1) is 0 Å². The van der Waals surface area contributed by atoms with Crippen molar-refractivity contribution in [3.8, 4) is 23.0 Å². The minimum atomic E-state index is -0.466. The average Bonchev–Trinajstić information content (AvgIpc) is 3.56. The van der Waals surface area contributed by atoms with E-state index in [-0.39, 0.29) is 47.7 Å². The number of carbonyl (C=O) groups is 4. The fourth-order valence-electron chi connectivity index (χ4n) is 6.75. The van der Waals surface area contributed by atoms with Crippen molar-refractivity contribution >= 4 is 23.6 Å². The number of benzene rings is 5. The number of methoxy groups -OCH3 is 2. The number of rotatable bonds is 12. The maximum absolute atomic E-state index is 13.2. The third-order valence-corrected chi connectivity index (χ3v) is 9.56. The van der Waals surface area contributed by atoms with E-state index in [2.05, 4.69) is 17.0 Å². The number of imide groups is 2. The van der Waals surface area contributed by atoms with Crippen molar-refractivity contribution in [3.05, 3.63) is 153 Å². The monoisotopic (exact) mass is 741 g/mol. The van der Waals surface area contributed by atoms with Gasteiger partial charge in [0.05, 0.1) is 49.6 Å². The van der Waals surface area contributed by atoms with Gasteiger partial charge >= 0.3 is 0 Å². The Hall–Kier alpha value is -6.46. The lowest BCUT2D eigenvalue weighted by Gasteiger charge is -2.18. The van der Waals surface area contributed by atoms with Crippen LogP contribution in [0, 0.1) is 13.8 Å². The van der Waals surface area contributed by atoms with Crippen molar-refractivity contribution in [2.45, 2.75) is 33.5 Å². The lowest BCUT2D eigenvalue weighted by molar-refractivity contribution is 0.0626. The third kappa shape index (κ3) is 8.22. The maximum Gasteiger partial charge on any atom is 0.265 e. The summed E-state index contributed by atoms with van der Waals surface area (Å²) in [5.41, 5.74) is 5.87. The van der Waals surface area contributed by atoms with Crippen molar-refractivity contribution in [2.24, 2.45) is 0 Å². The molecule has 0 radical (unpaired) electrons. The Morgan fingerprint density at radius 2 is 1.11 bits per heavy atom.